The molecule has 0 aliphatic carbocycles. The third-order valence-electron chi connectivity index (χ3n) is 4.39. The van der Waals surface area contributed by atoms with Crippen molar-refractivity contribution >= 4 is 11.9 Å². The molecule has 2 rings (SSSR count). The molecule has 24 heavy (non-hydrogen) atoms. The second kappa shape index (κ2) is 8.57. The van der Waals surface area contributed by atoms with Crippen LogP contribution in [0.4, 0.5) is 4.79 Å². The monoisotopic (exact) mass is 333 g/mol. The van der Waals surface area contributed by atoms with E-state index in [4.69, 9.17) is 4.74 Å². The first-order chi connectivity index (χ1) is 11.5. The Hall–Kier alpha value is -2.24. The second-order valence-electron chi connectivity index (χ2n) is 6.28. The van der Waals surface area contributed by atoms with E-state index >= 15 is 0 Å². The summed E-state index contributed by atoms with van der Waals surface area (Å²) in [6.45, 7) is 4.95. The van der Waals surface area contributed by atoms with E-state index in [2.05, 4.69) is 17.6 Å². The number of benzene rings is 1. The van der Waals surface area contributed by atoms with Gasteiger partial charge in [-0.25, -0.2) is 4.79 Å². The Morgan fingerprint density at radius 2 is 2.17 bits per heavy atom. The first kappa shape index (κ1) is 18.1. The molecule has 0 bridgehead atoms. The molecule has 0 radical (unpaired) electrons. The zero-order chi connectivity index (χ0) is 17.5. The van der Waals surface area contributed by atoms with E-state index < -0.39 is 6.04 Å². The Kier molecular flexibility index (Phi) is 6.46. The lowest BCUT2D eigenvalue weighted by molar-refractivity contribution is -0.136. The molecular weight excluding hydrogens is 306 g/mol. The number of rotatable bonds is 5. The minimum atomic E-state index is -0.532. The Morgan fingerprint density at radius 3 is 2.88 bits per heavy atom. The van der Waals surface area contributed by atoms with Crippen LogP contribution in [0.1, 0.15) is 38.7 Å². The molecule has 1 aliphatic heterocycles. The molecule has 1 aromatic carbocycles. The van der Waals surface area contributed by atoms with Crippen LogP contribution in [0.2, 0.25) is 0 Å². The highest BCUT2D eigenvalue weighted by Crippen LogP contribution is 2.17. The van der Waals surface area contributed by atoms with E-state index in [1.54, 1.807) is 14.0 Å². The summed E-state index contributed by atoms with van der Waals surface area (Å²) in [7, 11) is 1.61. The first-order valence-electron chi connectivity index (χ1n) is 8.49. The fourth-order valence-corrected chi connectivity index (χ4v) is 2.95. The fraction of sp³-hybridized carbons (Fsp3) is 0.556. The number of piperidine rings is 1. The summed E-state index contributed by atoms with van der Waals surface area (Å²) in [5.41, 5.74) is 0.938. The molecule has 0 saturated carbocycles. The van der Waals surface area contributed by atoms with Gasteiger partial charge in [0, 0.05) is 19.1 Å². The molecule has 1 fully saturated rings. The van der Waals surface area contributed by atoms with Gasteiger partial charge < -0.3 is 20.3 Å². The topological polar surface area (TPSA) is 70.7 Å². The Morgan fingerprint density at radius 1 is 1.38 bits per heavy atom. The molecule has 0 aromatic heterocycles. The number of hydrogen-bond acceptors (Lipinski definition) is 3. The fourth-order valence-electron chi connectivity index (χ4n) is 2.95. The normalized spacial score (nSPS) is 18.6. The van der Waals surface area contributed by atoms with Gasteiger partial charge in [0.05, 0.1) is 7.11 Å². The third kappa shape index (κ3) is 4.88. The molecular formula is C18H27N3O3. The minimum absolute atomic E-state index is 0.0151. The average Bonchev–Trinajstić information content (AvgIpc) is 2.60. The van der Waals surface area contributed by atoms with Gasteiger partial charge in [-0.3, -0.25) is 4.79 Å². The van der Waals surface area contributed by atoms with Gasteiger partial charge in [0.15, 0.2) is 0 Å². The van der Waals surface area contributed by atoms with Crippen molar-refractivity contribution in [3.63, 3.8) is 0 Å². The maximum atomic E-state index is 12.5. The highest BCUT2D eigenvalue weighted by Gasteiger charge is 2.27. The number of likely N-dealkylation sites (tertiary alicyclic amines) is 1. The molecule has 6 nitrogen and oxygen atoms in total. The standard InChI is InChI=1S/C18H27N3O3/c1-13-7-4-5-10-21(13)17(22)14(2)20-18(23)19-12-15-8-6-9-16(11-15)24-3/h6,8-9,11,13-14H,4-5,7,10,12H2,1-3H3,(H2,19,20,23)/t13-,14-/m1/s1. The van der Waals surface area contributed by atoms with Gasteiger partial charge in [-0.1, -0.05) is 12.1 Å². The quantitative estimate of drug-likeness (QED) is 0.868. The molecule has 2 atom stereocenters. The van der Waals surface area contributed by atoms with Crippen LogP contribution in [0, 0.1) is 0 Å². The predicted octanol–water partition coefficient (Wildman–Crippen LogP) is 2.28. The van der Waals surface area contributed by atoms with Gasteiger partial charge in [-0.2, -0.15) is 0 Å². The number of nitrogens with one attached hydrogen (secondary N) is 2. The van der Waals surface area contributed by atoms with Gasteiger partial charge in [-0.05, 0) is 50.8 Å². The molecule has 0 unspecified atom stereocenters. The molecule has 1 saturated heterocycles. The smallest absolute Gasteiger partial charge is 0.315 e. The average molecular weight is 333 g/mol. The van der Waals surface area contributed by atoms with Crippen LogP contribution in [0.15, 0.2) is 24.3 Å². The number of ether oxygens (including phenoxy) is 1. The van der Waals surface area contributed by atoms with Crippen molar-refractivity contribution in [3.8, 4) is 5.75 Å². The van der Waals surface area contributed by atoms with Crippen molar-refractivity contribution < 1.29 is 14.3 Å². The number of methoxy groups -OCH3 is 1. The van der Waals surface area contributed by atoms with E-state index in [1.165, 1.54) is 0 Å². The van der Waals surface area contributed by atoms with Gasteiger partial charge in [0.25, 0.3) is 0 Å². The van der Waals surface area contributed by atoms with Crippen LogP contribution < -0.4 is 15.4 Å². The molecule has 1 heterocycles. The Labute approximate surface area is 143 Å². The van der Waals surface area contributed by atoms with E-state index in [0.29, 0.717) is 6.54 Å². The molecule has 132 valence electrons. The molecule has 1 aromatic rings. The third-order valence-corrected chi connectivity index (χ3v) is 4.39. The van der Waals surface area contributed by atoms with Gasteiger partial charge in [0.1, 0.15) is 11.8 Å². The van der Waals surface area contributed by atoms with Crippen LogP contribution in [0.5, 0.6) is 5.75 Å². The summed E-state index contributed by atoms with van der Waals surface area (Å²) in [6.07, 6.45) is 3.22. The van der Waals surface area contributed by atoms with Crippen LogP contribution in [-0.2, 0) is 11.3 Å². The van der Waals surface area contributed by atoms with Crippen LogP contribution >= 0.6 is 0 Å². The van der Waals surface area contributed by atoms with Gasteiger partial charge >= 0.3 is 6.03 Å². The number of hydrogen-bond donors (Lipinski definition) is 2. The summed E-state index contributed by atoms with van der Waals surface area (Å²) < 4.78 is 5.16. The summed E-state index contributed by atoms with van der Waals surface area (Å²) in [4.78, 5) is 26.4. The highest BCUT2D eigenvalue weighted by molar-refractivity contribution is 5.87. The van der Waals surface area contributed by atoms with Crippen LogP contribution in [0.3, 0.4) is 0 Å². The number of amides is 3. The van der Waals surface area contributed by atoms with Crippen molar-refractivity contribution in [1.29, 1.82) is 0 Å². The summed E-state index contributed by atoms with van der Waals surface area (Å²) in [6, 6.07) is 6.87. The maximum Gasteiger partial charge on any atom is 0.315 e. The number of urea groups is 1. The zero-order valence-electron chi connectivity index (χ0n) is 14.7. The molecule has 3 amide bonds. The number of carbonyl (C=O) groups is 2. The second-order valence-corrected chi connectivity index (χ2v) is 6.28. The van der Waals surface area contributed by atoms with E-state index in [0.717, 1.165) is 37.1 Å². The van der Waals surface area contributed by atoms with Crippen molar-refractivity contribution in [3.05, 3.63) is 29.8 Å². The Bertz CT molecular complexity index is 576. The number of nitrogens with zero attached hydrogens (tertiary/aromatic N) is 1. The predicted molar refractivity (Wildman–Crippen MR) is 92.9 cm³/mol. The van der Waals surface area contributed by atoms with Crippen molar-refractivity contribution in [2.45, 2.75) is 51.7 Å². The Balaban J connectivity index is 1.81. The van der Waals surface area contributed by atoms with Crippen LogP contribution in [0.25, 0.3) is 0 Å². The summed E-state index contributed by atoms with van der Waals surface area (Å²) in [5.74, 6) is 0.732. The first-order valence-corrected chi connectivity index (χ1v) is 8.49. The van der Waals surface area contributed by atoms with Gasteiger partial charge in [0.2, 0.25) is 5.91 Å². The van der Waals surface area contributed by atoms with Crippen molar-refractivity contribution in [2.24, 2.45) is 0 Å². The van der Waals surface area contributed by atoms with Crippen LogP contribution in [-0.4, -0.2) is 42.6 Å². The van der Waals surface area contributed by atoms with E-state index in [1.807, 2.05) is 29.2 Å². The maximum absolute atomic E-state index is 12.5. The molecule has 0 spiro atoms. The van der Waals surface area contributed by atoms with Crippen molar-refractivity contribution in [2.75, 3.05) is 13.7 Å². The summed E-state index contributed by atoms with van der Waals surface area (Å²) >= 11 is 0. The molecule has 2 N–H and O–H groups in total. The molecule has 6 heteroatoms. The van der Waals surface area contributed by atoms with E-state index in [-0.39, 0.29) is 18.0 Å². The minimum Gasteiger partial charge on any atom is -0.497 e. The lowest BCUT2D eigenvalue weighted by atomic mass is 10.0. The SMILES string of the molecule is COc1cccc(CNC(=O)N[C@H](C)C(=O)N2CCCC[C@H]2C)c1. The highest BCUT2D eigenvalue weighted by atomic mass is 16.5. The largest absolute Gasteiger partial charge is 0.497 e. The molecule has 1 aliphatic rings. The zero-order valence-corrected chi connectivity index (χ0v) is 14.7. The number of carbonyl (C=O) groups excluding carboxylic acids is 2. The summed E-state index contributed by atoms with van der Waals surface area (Å²) in [5, 5.41) is 5.50. The van der Waals surface area contributed by atoms with E-state index in [9.17, 15) is 9.59 Å². The van der Waals surface area contributed by atoms with Gasteiger partial charge in [-0.15, -0.1) is 0 Å². The van der Waals surface area contributed by atoms with Crippen molar-refractivity contribution in [1.82, 2.24) is 15.5 Å². The lowest BCUT2D eigenvalue weighted by Crippen LogP contribution is -2.53. The lowest BCUT2D eigenvalue weighted by Gasteiger charge is -2.35.